The van der Waals surface area contributed by atoms with Crippen LogP contribution in [0.4, 0.5) is 0 Å². The summed E-state index contributed by atoms with van der Waals surface area (Å²) in [5.41, 5.74) is 0.762. The van der Waals surface area contributed by atoms with Gasteiger partial charge in [-0.15, -0.1) is 0 Å². The van der Waals surface area contributed by atoms with Crippen LogP contribution in [-0.2, 0) is 30.4 Å². The van der Waals surface area contributed by atoms with Crippen molar-refractivity contribution >= 4 is 17.8 Å². The summed E-state index contributed by atoms with van der Waals surface area (Å²) in [5.74, 6) is -2.36. The van der Waals surface area contributed by atoms with Crippen LogP contribution in [0.15, 0.2) is 72.8 Å². The van der Waals surface area contributed by atoms with Crippen molar-refractivity contribution in [1.82, 2.24) is 10.2 Å². The fraction of sp³-hybridized carbons (Fsp3) is 0.346. The second-order valence-corrected chi connectivity index (χ2v) is 8.63. The van der Waals surface area contributed by atoms with Gasteiger partial charge < -0.3 is 19.7 Å². The van der Waals surface area contributed by atoms with E-state index in [0.29, 0.717) is 12.1 Å². The van der Waals surface area contributed by atoms with E-state index in [2.05, 4.69) is 5.32 Å². The van der Waals surface area contributed by atoms with Gasteiger partial charge in [-0.25, -0.2) is 0 Å². The van der Waals surface area contributed by atoms with E-state index in [1.165, 1.54) is 0 Å². The number of esters is 1. The summed E-state index contributed by atoms with van der Waals surface area (Å²) in [6.45, 7) is 2.53. The number of nitrogens with one attached hydrogen (secondary N) is 1. The van der Waals surface area contributed by atoms with Crippen LogP contribution < -0.4 is 5.32 Å². The Kier molecular flexibility index (Phi) is 5.50. The number of ether oxygens (including phenoxy) is 2. The number of amides is 2. The van der Waals surface area contributed by atoms with Gasteiger partial charge in [0.2, 0.25) is 11.8 Å². The smallest absolute Gasteiger partial charge is 0.312 e. The van der Waals surface area contributed by atoms with Gasteiger partial charge in [0.15, 0.2) is 0 Å². The van der Waals surface area contributed by atoms with Gasteiger partial charge in [0, 0.05) is 6.54 Å². The molecule has 3 aliphatic heterocycles. The van der Waals surface area contributed by atoms with Crippen LogP contribution in [0.2, 0.25) is 0 Å². The highest BCUT2D eigenvalue weighted by atomic mass is 16.6. The van der Waals surface area contributed by atoms with Gasteiger partial charge >= 0.3 is 5.97 Å². The van der Waals surface area contributed by atoms with Crippen molar-refractivity contribution in [3.05, 3.63) is 83.9 Å². The Bertz CT molecular complexity index is 1090. The number of fused-ring (bicyclic) bond motifs is 1. The first-order chi connectivity index (χ1) is 16.0. The Hall–Kier alpha value is -3.45. The van der Waals surface area contributed by atoms with Crippen molar-refractivity contribution in [3.63, 3.8) is 0 Å². The van der Waals surface area contributed by atoms with E-state index in [-0.39, 0.29) is 25.0 Å². The fourth-order valence-corrected chi connectivity index (χ4v) is 5.24. The van der Waals surface area contributed by atoms with E-state index in [0.717, 1.165) is 5.56 Å². The number of rotatable bonds is 7. The maximum Gasteiger partial charge on any atom is 0.312 e. The minimum atomic E-state index is -0.911. The number of nitrogens with zero attached hydrogens (tertiary/aromatic N) is 1. The molecule has 170 valence electrons. The van der Waals surface area contributed by atoms with Crippen molar-refractivity contribution in [3.8, 4) is 0 Å². The Labute approximate surface area is 192 Å². The number of carbonyl (C=O) groups is 3. The fourth-order valence-electron chi connectivity index (χ4n) is 5.24. The molecule has 2 bridgehead atoms. The summed E-state index contributed by atoms with van der Waals surface area (Å²) in [6.07, 6.45) is 3.24. The summed E-state index contributed by atoms with van der Waals surface area (Å²) >= 11 is 0. The summed E-state index contributed by atoms with van der Waals surface area (Å²) in [5, 5.41) is 2.97. The first-order valence-corrected chi connectivity index (χ1v) is 11.2. The third-order valence-electron chi connectivity index (χ3n) is 6.67. The van der Waals surface area contributed by atoms with Gasteiger partial charge in [-0.3, -0.25) is 14.4 Å². The molecule has 2 aromatic rings. The molecule has 0 saturated carbocycles. The average Bonchev–Trinajstić information content (AvgIpc) is 3.48. The average molecular weight is 447 g/mol. The van der Waals surface area contributed by atoms with Gasteiger partial charge in [0.05, 0.1) is 25.2 Å². The molecule has 1 spiro atoms. The second-order valence-electron chi connectivity index (χ2n) is 8.63. The van der Waals surface area contributed by atoms with Crippen LogP contribution in [0.1, 0.15) is 24.1 Å². The minimum Gasteiger partial charge on any atom is -0.466 e. The van der Waals surface area contributed by atoms with E-state index in [1.807, 2.05) is 72.8 Å². The van der Waals surface area contributed by atoms with Crippen LogP contribution in [0.3, 0.4) is 0 Å². The Balaban J connectivity index is 1.44. The van der Waals surface area contributed by atoms with Crippen LogP contribution >= 0.6 is 0 Å². The van der Waals surface area contributed by atoms with Crippen molar-refractivity contribution in [2.75, 3.05) is 13.2 Å². The van der Waals surface area contributed by atoms with Crippen LogP contribution in [0.25, 0.3) is 0 Å². The molecule has 7 nitrogen and oxygen atoms in total. The number of likely N-dealkylation sites (tertiary alicyclic amines) is 1. The number of benzene rings is 2. The predicted octanol–water partition coefficient (Wildman–Crippen LogP) is 2.39. The van der Waals surface area contributed by atoms with Crippen LogP contribution in [0.5, 0.6) is 0 Å². The van der Waals surface area contributed by atoms with Gasteiger partial charge in [0.1, 0.15) is 17.6 Å². The quantitative estimate of drug-likeness (QED) is 0.522. The lowest BCUT2D eigenvalue weighted by atomic mass is 9.77. The van der Waals surface area contributed by atoms with Crippen LogP contribution in [-0.4, -0.2) is 47.5 Å². The van der Waals surface area contributed by atoms with E-state index < -0.39 is 35.6 Å². The van der Waals surface area contributed by atoms with E-state index in [1.54, 1.807) is 11.8 Å². The lowest BCUT2D eigenvalue weighted by Gasteiger charge is -2.29. The lowest BCUT2D eigenvalue weighted by molar-refractivity contribution is -0.154. The van der Waals surface area contributed by atoms with Gasteiger partial charge in [-0.05, 0) is 18.1 Å². The molecule has 0 aliphatic carbocycles. The number of hydrogen-bond acceptors (Lipinski definition) is 5. The zero-order chi connectivity index (χ0) is 23.0. The van der Waals surface area contributed by atoms with Gasteiger partial charge in [0.25, 0.3) is 0 Å². The molecule has 2 fully saturated rings. The highest BCUT2D eigenvalue weighted by Gasteiger charge is 2.68. The highest BCUT2D eigenvalue weighted by Crippen LogP contribution is 2.53. The molecule has 0 radical (unpaired) electrons. The molecule has 5 atom stereocenters. The van der Waals surface area contributed by atoms with Gasteiger partial charge in [-0.2, -0.15) is 0 Å². The molecule has 2 saturated heterocycles. The molecular weight excluding hydrogens is 420 g/mol. The number of hydrogen-bond donors (Lipinski definition) is 1. The first kappa shape index (κ1) is 21.4. The zero-order valence-corrected chi connectivity index (χ0v) is 18.3. The minimum absolute atomic E-state index is 0.206. The lowest BCUT2D eigenvalue weighted by Crippen LogP contribution is -2.44. The predicted molar refractivity (Wildman–Crippen MR) is 120 cm³/mol. The van der Waals surface area contributed by atoms with E-state index in [9.17, 15) is 14.4 Å². The molecule has 1 N–H and O–H groups in total. The normalized spacial score (nSPS) is 28.0. The molecule has 2 aromatic carbocycles. The topological polar surface area (TPSA) is 84.9 Å². The Morgan fingerprint density at radius 3 is 2.55 bits per heavy atom. The third kappa shape index (κ3) is 3.62. The molecule has 33 heavy (non-hydrogen) atoms. The monoisotopic (exact) mass is 446 g/mol. The first-order valence-electron chi connectivity index (χ1n) is 11.2. The molecule has 7 heteroatoms. The molecule has 3 heterocycles. The molecule has 5 rings (SSSR count). The largest absolute Gasteiger partial charge is 0.466 e. The molecule has 0 aromatic heterocycles. The summed E-state index contributed by atoms with van der Waals surface area (Å²) in [6, 6.07) is 18.0. The second kappa shape index (κ2) is 8.48. The number of carbonyl (C=O) groups excluding carboxylic acids is 3. The molecule has 3 aliphatic rings. The third-order valence-corrected chi connectivity index (χ3v) is 6.67. The summed E-state index contributed by atoms with van der Waals surface area (Å²) in [4.78, 5) is 41.4. The van der Waals surface area contributed by atoms with E-state index >= 15 is 0 Å². The van der Waals surface area contributed by atoms with E-state index in [4.69, 9.17) is 9.47 Å². The standard InChI is InChI=1S/C26H26N2O5/c1-2-32-25(31)20-19-13-14-26(33-19)16-28(24(30)21(20)26)22(18-11-7-4-8-12-18)23(29)27-15-17-9-5-3-6-10-17/h3-14,19-22H,2,15-16H2,1H3,(H,27,29)/t19-,20-,21+,22?,26-/m1/s1. The van der Waals surface area contributed by atoms with Crippen molar-refractivity contribution < 1.29 is 23.9 Å². The zero-order valence-electron chi connectivity index (χ0n) is 18.3. The summed E-state index contributed by atoms with van der Waals surface area (Å²) < 4.78 is 11.4. The molecule has 2 amide bonds. The highest BCUT2D eigenvalue weighted by molar-refractivity contribution is 5.95. The maximum atomic E-state index is 13.7. The van der Waals surface area contributed by atoms with Crippen LogP contribution in [0, 0.1) is 11.8 Å². The Morgan fingerprint density at radius 1 is 1.15 bits per heavy atom. The van der Waals surface area contributed by atoms with Crippen molar-refractivity contribution in [2.45, 2.75) is 31.2 Å². The van der Waals surface area contributed by atoms with Gasteiger partial charge in [-0.1, -0.05) is 72.8 Å². The SMILES string of the molecule is CCOC(=O)[C@H]1[C@H]2C(=O)N(C(C(=O)NCc3ccccc3)c3ccccc3)C[C@]23C=C[C@H]1O3. The van der Waals surface area contributed by atoms with Crippen molar-refractivity contribution in [2.24, 2.45) is 11.8 Å². The van der Waals surface area contributed by atoms with Crippen molar-refractivity contribution in [1.29, 1.82) is 0 Å². The molecule has 1 unspecified atom stereocenters. The summed E-state index contributed by atoms with van der Waals surface area (Å²) in [7, 11) is 0. The molecular formula is C26H26N2O5. The maximum absolute atomic E-state index is 13.7. The Morgan fingerprint density at radius 2 is 1.85 bits per heavy atom.